The molecule has 2 fully saturated rings. The number of piperazine rings is 1. The third kappa shape index (κ3) is 4.89. The van der Waals surface area contributed by atoms with Crippen molar-refractivity contribution in [2.24, 2.45) is 11.7 Å². The van der Waals surface area contributed by atoms with E-state index in [1.807, 2.05) is 6.92 Å². The Morgan fingerprint density at radius 2 is 2.00 bits per heavy atom. The number of carbonyl (C=O) groups excluding carboxylic acids is 1. The van der Waals surface area contributed by atoms with Gasteiger partial charge in [0.15, 0.2) is 0 Å². The maximum absolute atomic E-state index is 15.4. The first kappa shape index (κ1) is 21.4. The van der Waals surface area contributed by atoms with E-state index < -0.39 is 11.7 Å². The number of amides is 2. The van der Waals surface area contributed by atoms with Gasteiger partial charge in [-0.05, 0) is 68.5 Å². The zero-order valence-electron chi connectivity index (χ0n) is 17.8. The molecule has 2 amide bonds. The highest BCUT2D eigenvalue weighted by molar-refractivity contribution is 7.17. The van der Waals surface area contributed by atoms with Crippen molar-refractivity contribution in [3.8, 4) is 0 Å². The van der Waals surface area contributed by atoms with Crippen LogP contribution >= 0.6 is 11.3 Å². The molecule has 0 bridgehead atoms. The number of hydrogen-bond acceptors (Lipinski definition) is 4. The fourth-order valence-corrected chi connectivity index (χ4v) is 5.88. The fourth-order valence-electron chi connectivity index (χ4n) is 5.07. The minimum atomic E-state index is -1.07. The van der Waals surface area contributed by atoms with E-state index >= 15 is 4.39 Å². The summed E-state index contributed by atoms with van der Waals surface area (Å²) in [5.41, 5.74) is 5.48. The van der Waals surface area contributed by atoms with Crippen LogP contribution in [0.3, 0.4) is 0 Å². The predicted molar refractivity (Wildman–Crippen MR) is 123 cm³/mol. The minimum Gasteiger partial charge on any atom is -0.368 e. The molecule has 2 aromatic rings. The summed E-state index contributed by atoms with van der Waals surface area (Å²) in [6.07, 6.45) is 3.41. The lowest BCUT2D eigenvalue weighted by Gasteiger charge is -2.40. The average Bonchev–Trinajstić information content (AvgIpc) is 3.22. The quantitative estimate of drug-likeness (QED) is 0.713. The van der Waals surface area contributed by atoms with Crippen LogP contribution in [0.5, 0.6) is 0 Å². The predicted octanol–water partition coefficient (Wildman–Crippen LogP) is 4.37. The maximum Gasteiger partial charge on any atom is 0.312 e. The van der Waals surface area contributed by atoms with E-state index in [4.69, 9.17) is 5.73 Å². The highest BCUT2D eigenvalue weighted by atomic mass is 32.1. The van der Waals surface area contributed by atoms with E-state index in [9.17, 15) is 4.79 Å². The van der Waals surface area contributed by atoms with E-state index in [2.05, 4.69) is 44.8 Å². The maximum atomic E-state index is 15.4. The molecule has 1 aliphatic carbocycles. The second-order valence-electron chi connectivity index (χ2n) is 8.97. The number of nitrogens with one attached hydrogen (secondary N) is 1. The van der Waals surface area contributed by atoms with Gasteiger partial charge in [0.2, 0.25) is 0 Å². The zero-order chi connectivity index (χ0) is 21.1. The van der Waals surface area contributed by atoms with Crippen molar-refractivity contribution in [1.82, 2.24) is 10.2 Å². The number of nitrogens with two attached hydrogens (primary N) is 1. The molecular weight excluding hydrogens is 399 g/mol. The van der Waals surface area contributed by atoms with E-state index in [0.29, 0.717) is 25.2 Å². The number of rotatable bonds is 6. The first-order valence-corrected chi connectivity index (χ1v) is 12.0. The van der Waals surface area contributed by atoms with E-state index in [1.165, 1.54) is 15.8 Å². The van der Waals surface area contributed by atoms with Crippen LogP contribution in [0.2, 0.25) is 0 Å². The van der Waals surface area contributed by atoms with Crippen LogP contribution in [0.1, 0.15) is 39.0 Å². The number of urea groups is 1. The molecule has 1 atom stereocenters. The molecule has 0 radical (unpaired) electrons. The fraction of sp³-hybridized carbons (Fsp3) is 0.609. The summed E-state index contributed by atoms with van der Waals surface area (Å²) in [7, 11) is 0. The van der Waals surface area contributed by atoms with Gasteiger partial charge in [0.1, 0.15) is 5.67 Å². The molecule has 5 nitrogen and oxygen atoms in total. The number of fused-ring (bicyclic) bond motifs is 1. The van der Waals surface area contributed by atoms with Gasteiger partial charge in [0.05, 0.1) is 0 Å². The SMILES string of the molecule is CC(NC(N)=O)C1CCC(F)(CCN2CCN(c3cccc4sccc34)CC2)CC1. The van der Waals surface area contributed by atoms with Crippen LogP contribution in [0.15, 0.2) is 29.6 Å². The van der Waals surface area contributed by atoms with Crippen molar-refractivity contribution in [3.63, 3.8) is 0 Å². The molecule has 0 spiro atoms. The molecule has 3 N–H and O–H groups in total. The topological polar surface area (TPSA) is 61.6 Å². The molecule has 2 aliphatic rings. The summed E-state index contributed by atoms with van der Waals surface area (Å²) < 4.78 is 16.7. The van der Waals surface area contributed by atoms with Gasteiger partial charge in [-0.2, -0.15) is 0 Å². The number of hydrogen-bond donors (Lipinski definition) is 2. The molecule has 1 aromatic carbocycles. The number of anilines is 1. The van der Waals surface area contributed by atoms with Gasteiger partial charge in [-0.15, -0.1) is 11.3 Å². The molecule has 1 saturated heterocycles. The molecular formula is C23H33FN4OS. The van der Waals surface area contributed by atoms with Crippen molar-refractivity contribution < 1.29 is 9.18 Å². The minimum absolute atomic E-state index is 0.0211. The number of halogens is 1. The van der Waals surface area contributed by atoms with E-state index in [-0.39, 0.29) is 6.04 Å². The monoisotopic (exact) mass is 432 g/mol. The van der Waals surface area contributed by atoms with Gasteiger partial charge in [-0.1, -0.05) is 6.07 Å². The second-order valence-corrected chi connectivity index (χ2v) is 9.92. The zero-order valence-corrected chi connectivity index (χ0v) is 18.6. The van der Waals surface area contributed by atoms with E-state index in [0.717, 1.165) is 45.6 Å². The standard InChI is InChI=1S/C23H33FN4OS/c1-17(26-22(25)29)18-5-8-23(24,9-6-18)10-11-27-12-14-28(15-13-27)20-3-2-4-21-19(20)7-16-30-21/h2-4,7,16-18H,5-6,8-15H2,1H3,(H3,25,26,29). The van der Waals surface area contributed by atoms with Gasteiger partial charge in [-0.25, -0.2) is 9.18 Å². The Kier molecular flexibility index (Phi) is 6.48. The molecule has 2 heterocycles. The van der Waals surface area contributed by atoms with Gasteiger partial charge < -0.3 is 16.0 Å². The number of benzene rings is 1. The smallest absolute Gasteiger partial charge is 0.312 e. The van der Waals surface area contributed by atoms with Crippen molar-refractivity contribution >= 4 is 33.1 Å². The Morgan fingerprint density at radius 1 is 1.27 bits per heavy atom. The molecule has 1 aromatic heterocycles. The molecule has 7 heteroatoms. The van der Waals surface area contributed by atoms with Crippen LogP contribution in [0.25, 0.3) is 10.1 Å². The largest absolute Gasteiger partial charge is 0.368 e. The normalized spacial score (nSPS) is 26.6. The molecule has 30 heavy (non-hydrogen) atoms. The van der Waals surface area contributed by atoms with Crippen LogP contribution in [-0.2, 0) is 0 Å². The lowest BCUT2D eigenvalue weighted by atomic mass is 9.76. The summed E-state index contributed by atoms with van der Waals surface area (Å²) >= 11 is 1.79. The van der Waals surface area contributed by atoms with Crippen LogP contribution in [0, 0.1) is 5.92 Å². The molecule has 1 unspecified atom stereocenters. The first-order valence-electron chi connectivity index (χ1n) is 11.1. The lowest BCUT2D eigenvalue weighted by Crippen LogP contribution is -2.48. The number of primary amides is 1. The molecule has 1 aliphatic heterocycles. The number of alkyl halides is 1. The third-order valence-corrected chi connectivity index (χ3v) is 7.95. The second kappa shape index (κ2) is 9.10. The highest BCUT2D eigenvalue weighted by Crippen LogP contribution is 2.39. The summed E-state index contributed by atoms with van der Waals surface area (Å²) in [5, 5.41) is 6.25. The van der Waals surface area contributed by atoms with Crippen molar-refractivity contribution in [3.05, 3.63) is 29.6 Å². The Balaban J connectivity index is 1.23. The van der Waals surface area contributed by atoms with Crippen molar-refractivity contribution in [1.29, 1.82) is 0 Å². The van der Waals surface area contributed by atoms with Crippen LogP contribution in [0.4, 0.5) is 14.9 Å². The molecule has 1 saturated carbocycles. The van der Waals surface area contributed by atoms with Crippen molar-refractivity contribution in [2.75, 3.05) is 37.6 Å². The van der Waals surface area contributed by atoms with Crippen LogP contribution < -0.4 is 16.0 Å². The lowest BCUT2D eigenvalue weighted by molar-refractivity contribution is 0.0545. The Hall–Kier alpha value is -1.86. The Bertz CT molecular complexity index is 856. The van der Waals surface area contributed by atoms with Crippen LogP contribution in [-0.4, -0.2) is 55.4 Å². The van der Waals surface area contributed by atoms with Gasteiger partial charge in [0, 0.05) is 54.5 Å². The van der Waals surface area contributed by atoms with Gasteiger partial charge in [0.25, 0.3) is 0 Å². The van der Waals surface area contributed by atoms with Gasteiger partial charge >= 0.3 is 6.03 Å². The number of nitrogens with zero attached hydrogens (tertiary/aromatic N) is 2. The van der Waals surface area contributed by atoms with Gasteiger partial charge in [-0.3, -0.25) is 4.90 Å². The first-order chi connectivity index (χ1) is 14.4. The Morgan fingerprint density at radius 3 is 2.70 bits per heavy atom. The highest BCUT2D eigenvalue weighted by Gasteiger charge is 2.37. The Labute approximate surface area is 182 Å². The van der Waals surface area contributed by atoms with Crippen molar-refractivity contribution in [2.45, 2.75) is 50.7 Å². The summed E-state index contributed by atoms with van der Waals surface area (Å²) in [5.74, 6) is 0.324. The average molecular weight is 433 g/mol. The molecule has 164 valence electrons. The molecule has 4 rings (SSSR count). The number of carbonyl (C=O) groups is 1. The summed E-state index contributed by atoms with van der Waals surface area (Å²) in [6, 6.07) is 8.28. The van der Waals surface area contributed by atoms with E-state index in [1.54, 1.807) is 11.3 Å². The third-order valence-electron chi connectivity index (χ3n) is 7.07. The number of thiophene rings is 1. The summed E-state index contributed by atoms with van der Waals surface area (Å²) in [6.45, 7) is 6.75. The summed E-state index contributed by atoms with van der Waals surface area (Å²) in [4.78, 5) is 15.9.